The standard InChI is InChI=1S/C10H10F3N3O2/c11-10(12,13)7-5-16(4-6(7)8(17)18)9-14-2-1-3-15-9/h1-3,6-7H,4-5H2,(H,17,18)/t6-,7+/m0/s1. The lowest BCUT2D eigenvalue weighted by Crippen LogP contribution is -2.33. The number of nitrogens with zero attached hydrogens (tertiary/aromatic N) is 3. The molecule has 1 aliphatic rings. The minimum atomic E-state index is -4.54. The Balaban J connectivity index is 2.22. The van der Waals surface area contributed by atoms with Crippen molar-refractivity contribution < 1.29 is 23.1 Å². The topological polar surface area (TPSA) is 66.3 Å². The Morgan fingerprint density at radius 3 is 2.39 bits per heavy atom. The second-order valence-electron chi connectivity index (χ2n) is 4.05. The minimum absolute atomic E-state index is 0.121. The Bertz CT molecular complexity index is 438. The Labute approximate surface area is 100 Å². The van der Waals surface area contributed by atoms with Crippen molar-refractivity contribution in [3.8, 4) is 0 Å². The first-order valence-electron chi connectivity index (χ1n) is 5.21. The van der Waals surface area contributed by atoms with E-state index in [4.69, 9.17) is 5.11 Å². The third-order valence-corrected chi connectivity index (χ3v) is 2.89. The van der Waals surface area contributed by atoms with Gasteiger partial charge in [-0.15, -0.1) is 0 Å². The molecule has 0 spiro atoms. The maximum Gasteiger partial charge on any atom is 0.394 e. The molecule has 18 heavy (non-hydrogen) atoms. The number of carboxylic acid groups (broad SMARTS) is 1. The molecular formula is C10H10F3N3O2. The molecule has 98 valence electrons. The fourth-order valence-corrected chi connectivity index (χ4v) is 2.00. The summed E-state index contributed by atoms with van der Waals surface area (Å²) in [5.74, 6) is -4.70. The van der Waals surface area contributed by atoms with Crippen LogP contribution in [0.5, 0.6) is 0 Å². The number of carbonyl (C=O) groups is 1. The fourth-order valence-electron chi connectivity index (χ4n) is 2.00. The van der Waals surface area contributed by atoms with E-state index in [2.05, 4.69) is 9.97 Å². The first kappa shape index (κ1) is 12.6. The van der Waals surface area contributed by atoms with Gasteiger partial charge < -0.3 is 10.0 Å². The van der Waals surface area contributed by atoms with Gasteiger partial charge in [0.15, 0.2) is 0 Å². The van der Waals surface area contributed by atoms with Gasteiger partial charge in [0.1, 0.15) is 0 Å². The zero-order valence-electron chi connectivity index (χ0n) is 9.13. The molecule has 0 aliphatic carbocycles. The summed E-state index contributed by atoms with van der Waals surface area (Å²) in [5, 5.41) is 8.84. The van der Waals surface area contributed by atoms with E-state index in [1.807, 2.05) is 0 Å². The molecule has 1 fully saturated rings. The predicted octanol–water partition coefficient (Wildman–Crippen LogP) is 1.18. The van der Waals surface area contributed by atoms with Crippen LogP contribution in [0.2, 0.25) is 0 Å². The van der Waals surface area contributed by atoms with Crippen LogP contribution >= 0.6 is 0 Å². The lowest BCUT2D eigenvalue weighted by molar-refractivity contribution is -0.187. The van der Waals surface area contributed by atoms with Gasteiger partial charge in [-0.1, -0.05) is 0 Å². The smallest absolute Gasteiger partial charge is 0.394 e. The van der Waals surface area contributed by atoms with Crippen molar-refractivity contribution in [1.29, 1.82) is 0 Å². The van der Waals surface area contributed by atoms with Crippen LogP contribution in [0.25, 0.3) is 0 Å². The van der Waals surface area contributed by atoms with E-state index in [9.17, 15) is 18.0 Å². The van der Waals surface area contributed by atoms with E-state index in [1.54, 1.807) is 0 Å². The molecule has 2 atom stereocenters. The summed E-state index contributed by atoms with van der Waals surface area (Å²) in [5.41, 5.74) is 0. The number of rotatable bonds is 2. The highest BCUT2D eigenvalue weighted by molar-refractivity contribution is 5.72. The molecule has 2 rings (SSSR count). The molecule has 1 aromatic heterocycles. The zero-order chi connectivity index (χ0) is 13.3. The quantitative estimate of drug-likeness (QED) is 0.865. The SMILES string of the molecule is O=C(O)[C@H]1CN(c2ncccn2)C[C@H]1C(F)(F)F. The molecule has 1 aromatic rings. The van der Waals surface area contributed by atoms with E-state index < -0.39 is 30.5 Å². The van der Waals surface area contributed by atoms with Crippen LogP contribution in [0.1, 0.15) is 0 Å². The molecule has 0 saturated carbocycles. The second kappa shape index (κ2) is 4.43. The van der Waals surface area contributed by atoms with Gasteiger partial charge in [-0.25, -0.2) is 9.97 Å². The average molecular weight is 261 g/mol. The molecule has 0 amide bonds. The largest absolute Gasteiger partial charge is 0.481 e. The summed E-state index contributed by atoms with van der Waals surface area (Å²) in [6, 6.07) is 1.54. The van der Waals surface area contributed by atoms with Gasteiger partial charge in [0.25, 0.3) is 0 Å². The molecule has 8 heteroatoms. The van der Waals surface area contributed by atoms with Gasteiger partial charge in [0.05, 0.1) is 11.8 Å². The third kappa shape index (κ3) is 2.36. The van der Waals surface area contributed by atoms with Crippen molar-refractivity contribution in [1.82, 2.24) is 9.97 Å². The first-order valence-corrected chi connectivity index (χ1v) is 5.21. The second-order valence-corrected chi connectivity index (χ2v) is 4.05. The van der Waals surface area contributed by atoms with Crippen LogP contribution in [0.15, 0.2) is 18.5 Å². The lowest BCUT2D eigenvalue weighted by atomic mass is 9.96. The highest BCUT2D eigenvalue weighted by Gasteiger charge is 2.53. The van der Waals surface area contributed by atoms with E-state index in [-0.39, 0.29) is 12.5 Å². The maximum absolute atomic E-state index is 12.7. The van der Waals surface area contributed by atoms with Crippen molar-refractivity contribution in [2.45, 2.75) is 6.18 Å². The van der Waals surface area contributed by atoms with Gasteiger partial charge in [-0.05, 0) is 6.07 Å². The molecule has 2 heterocycles. The number of aliphatic carboxylic acids is 1. The average Bonchev–Trinajstić information content (AvgIpc) is 2.74. The Morgan fingerprint density at radius 1 is 1.33 bits per heavy atom. The first-order chi connectivity index (χ1) is 8.39. The summed E-state index contributed by atoms with van der Waals surface area (Å²) in [6.45, 7) is -0.659. The molecule has 0 aromatic carbocycles. The molecule has 0 unspecified atom stereocenters. The van der Waals surface area contributed by atoms with Crippen LogP contribution in [-0.2, 0) is 4.79 Å². The van der Waals surface area contributed by atoms with Crippen LogP contribution in [0, 0.1) is 11.8 Å². The summed E-state index contributed by atoms with van der Waals surface area (Å²) in [6.07, 6.45) is -1.73. The normalized spacial score (nSPS) is 24.3. The van der Waals surface area contributed by atoms with Gasteiger partial charge in [0.2, 0.25) is 5.95 Å². The monoisotopic (exact) mass is 261 g/mol. The number of aromatic nitrogens is 2. The zero-order valence-corrected chi connectivity index (χ0v) is 9.13. The number of halogens is 3. The van der Waals surface area contributed by atoms with Gasteiger partial charge in [-0.2, -0.15) is 13.2 Å². The number of carboxylic acids is 1. The van der Waals surface area contributed by atoms with Crippen molar-refractivity contribution in [2.24, 2.45) is 11.8 Å². The van der Waals surface area contributed by atoms with E-state index >= 15 is 0 Å². The number of hydrogen-bond donors (Lipinski definition) is 1. The summed E-state index contributed by atoms with van der Waals surface area (Å²) in [4.78, 5) is 19.8. The highest BCUT2D eigenvalue weighted by atomic mass is 19.4. The van der Waals surface area contributed by atoms with Crippen LogP contribution in [0.3, 0.4) is 0 Å². The summed E-state index contributed by atoms with van der Waals surface area (Å²) in [7, 11) is 0. The number of hydrogen-bond acceptors (Lipinski definition) is 4. The fraction of sp³-hybridized carbons (Fsp3) is 0.500. The van der Waals surface area contributed by atoms with Crippen LogP contribution in [-0.4, -0.2) is 40.3 Å². The molecule has 0 bridgehead atoms. The van der Waals surface area contributed by atoms with Crippen LogP contribution < -0.4 is 4.90 Å². The van der Waals surface area contributed by atoms with Crippen molar-refractivity contribution in [2.75, 3.05) is 18.0 Å². The highest BCUT2D eigenvalue weighted by Crippen LogP contribution is 2.38. The van der Waals surface area contributed by atoms with Crippen molar-refractivity contribution >= 4 is 11.9 Å². The molecule has 1 saturated heterocycles. The lowest BCUT2D eigenvalue weighted by Gasteiger charge is -2.18. The third-order valence-electron chi connectivity index (χ3n) is 2.89. The summed E-state index contributed by atoms with van der Waals surface area (Å²) < 4.78 is 38.2. The van der Waals surface area contributed by atoms with Gasteiger partial charge >= 0.3 is 12.1 Å². The Kier molecular flexibility index (Phi) is 3.10. The minimum Gasteiger partial charge on any atom is -0.481 e. The van der Waals surface area contributed by atoms with Crippen molar-refractivity contribution in [3.05, 3.63) is 18.5 Å². The van der Waals surface area contributed by atoms with E-state index in [1.165, 1.54) is 23.4 Å². The van der Waals surface area contributed by atoms with Crippen LogP contribution in [0.4, 0.5) is 19.1 Å². The molecule has 1 N–H and O–H groups in total. The predicted molar refractivity (Wildman–Crippen MR) is 54.9 cm³/mol. The molecule has 1 aliphatic heterocycles. The molecular weight excluding hydrogens is 251 g/mol. The summed E-state index contributed by atoms with van der Waals surface area (Å²) >= 11 is 0. The number of anilines is 1. The number of alkyl halides is 3. The van der Waals surface area contributed by atoms with E-state index in [0.717, 1.165) is 0 Å². The Hall–Kier alpha value is -1.86. The van der Waals surface area contributed by atoms with Gasteiger partial charge in [0, 0.05) is 25.5 Å². The van der Waals surface area contributed by atoms with E-state index in [0.29, 0.717) is 0 Å². The molecule has 5 nitrogen and oxygen atoms in total. The molecule has 0 radical (unpaired) electrons. The maximum atomic E-state index is 12.7. The Morgan fingerprint density at radius 2 is 1.94 bits per heavy atom. The van der Waals surface area contributed by atoms with Gasteiger partial charge in [-0.3, -0.25) is 4.79 Å². The van der Waals surface area contributed by atoms with Crippen molar-refractivity contribution in [3.63, 3.8) is 0 Å².